The van der Waals surface area contributed by atoms with Crippen LogP contribution < -0.4 is 5.32 Å². The van der Waals surface area contributed by atoms with Gasteiger partial charge in [-0.3, -0.25) is 4.79 Å². The molecule has 0 aromatic rings. The summed E-state index contributed by atoms with van der Waals surface area (Å²) in [6, 6.07) is 0.488. The van der Waals surface area contributed by atoms with Gasteiger partial charge in [0.25, 0.3) is 0 Å². The molecule has 2 nitrogen and oxygen atoms in total. The summed E-state index contributed by atoms with van der Waals surface area (Å²) in [7, 11) is 0. The maximum atomic E-state index is 10.5. The molecule has 0 aromatic heterocycles. The molecule has 0 heterocycles. The molecular weight excluding hydrogens is 150 g/mol. The van der Waals surface area contributed by atoms with Crippen LogP contribution in [0.5, 0.6) is 0 Å². The molecule has 0 saturated heterocycles. The topological polar surface area (TPSA) is 29.1 Å². The molecule has 1 N–H and O–H groups in total. The standard InChI is InChI=1S/C7H13NO.C3H8/c1-6(9)8-7-4-2-3-5-7;1-3-2/h7H,2-5H2,1H3,(H,8,9);3H2,1-2H3. The molecule has 0 unspecified atom stereocenters. The van der Waals surface area contributed by atoms with Crippen molar-refractivity contribution < 1.29 is 4.79 Å². The lowest BCUT2D eigenvalue weighted by Gasteiger charge is -2.07. The van der Waals surface area contributed by atoms with E-state index in [0.29, 0.717) is 6.04 Å². The summed E-state index contributed by atoms with van der Waals surface area (Å²) >= 11 is 0. The van der Waals surface area contributed by atoms with Crippen molar-refractivity contribution in [3.05, 3.63) is 0 Å². The first-order valence-corrected chi connectivity index (χ1v) is 4.97. The zero-order chi connectivity index (χ0) is 9.40. The van der Waals surface area contributed by atoms with Gasteiger partial charge in [-0.1, -0.05) is 33.1 Å². The van der Waals surface area contributed by atoms with Gasteiger partial charge < -0.3 is 5.32 Å². The van der Waals surface area contributed by atoms with Crippen molar-refractivity contribution in [2.45, 2.75) is 58.9 Å². The fourth-order valence-electron chi connectivity index (χ4n) is 1.36. The Morgan fingerprint density at radius 2 is 1.75 bits per heavy atom. The van der Waals surface area contributed by atoms with Gasteiger partial charge in [-0.25, -0.2) is 0 Å². The van der Waals surface area contributed by atoms with Crippen LogP contribution in [0, 0.1) is 0 Å². The highest BCUT2D eigenvalue weighted by molar-refractivity contribution is 5.73. The van der Waals surface area contributed by atoms with Crippen LogP contribution in [0.1, 0.15) is 52.9 Å². The summed E-state index contributed by atoms with van der Waals surface area (Å²) in [5.41, 5.74) is 0. The average molecular weight is 171 g/mol. The summed E-state index contributed by atoms with van der Waals surface area (Å²) in [5.74, 6) is 0.113. The second-order valence-electron chi connectivity index (χ2n) is 3.39. The van der Waals surface area contributed by atoms with Gasteiger partial charge in [0.15, 0.2) is 0 Å². The molecule has 1 saturated carbocycles. The number of hydrogen-bond donors (Lipinski definition) is 1. The Morgan fingerprint density at radius 3 is 2.08 bits per heavy atom. The van der Waals surface area contributed by atoms with Gasteiger partial charge in [0.05, 0.1) is 0 Å². The minimum atomic E-state index is 0.113. The second kappa shape index (κ2) is 7.14. The van der Waals surface area contributed by atoms with Gasteiger partial charge in [-0.2, -0.15) is 0 Å². The van der Waals surface area contributed by atoms with E-state index in [9.17, 15) is 4.79 Å². The number of rotatable bonds is 1. The molecule has 0 spiro atoms. The third-order valence-corrected chi connectivity index (χ3v) is 1.76. The molecule has 2 heteroatoms. The number of nitrogens with one attached hydrogen (secondary N) is 1. The fraction of sp³-hybridized carbons (Fsp3) is 0.900. The minimum Gasteiger partial charge on any atom is -0.354 e. The molecule has 1 fully saturated rings. The number of hydrogen-bond acceptors (Lipinski definition) is 1. The van der Waals surface area contributed by atoms with E-state index in [4.69, 9.17) is 0 Å². The highest BCUT2D eigenvalue weighted by atomic mass is 16.1. The van der Waals surface area contributed by atoms with Crippen LogP contribution in [0.2, 0.25) is 0 Å². The summed E-state index contributed by atoms with van der Waals surface area (Å²) in [4.78, 5) is 10.5. The molecule has 12 heavy (non-hydrogen) atoms. The maximum absolute atomic E-state index is 10.5. The van der Waals surface area contributed by atoms with Crippen molar-refractivity contribution in [1.82, 2.24) is 5.32 Å². The van der Waals surface area contributed by atoms with E-state index in [-0.39, 0.29) is 5.91 Å². The third-order valence-electron chi connectivity index (χ3n) is 1.76. The fourth-order valence-corrected chi connectivity index (χ4v) is 1.36. The molecule has 0 bridgehead atoms. The van der Waals surface area contributed by atoms with Gasteiger partial charge in [0.1, 0.15) is 0 Å². The monoisotopic (exact) mass is 171 g/mol. The number of carbonyl (C=O) groups excluding carboxylic acids is 1. The lowest BCUT2D eigenvalue weighted by Crippen LogP contribution is -2.30. The summed E-state index contributed by atoms with van der Waals surface area (Å²) in [6.45, 7) is 5.83. The normalized spacial score (nSPS) is 16.6. The van der Waals surface area contributed by atoms with Gasteiger partial charge in [0, 0.05) is 13.0 Å². The Hall–Kier alpha value is -0.530. The van der Waals surface area contributed by atoms with Crippen LogP contribution in [0.15, 0.2) is 0 Å². The first-order valence-electron chi connectivity index (χ1n) is 4.97. The Bertz CT molecular complexity index is 117. The predicted octanol–water partition coefficient (Wildman–Crippen LogP) is 2.48. The number of amides is 1. The van der Waals surface area contributed by atoms with Crippen molar-refractivity contribution >= 4 is 5.91 Å². The average Bonchev–Trinajstić information content (AvgIpc) is 2.40. The molecule has 1 rings (SSSR count). The van der Waals surface area contributed by atoms with Crippen molar-refractivity contribution in [3.63, 3.8) is 0 Å². The molecule has 1 aliphatic carbocycles. The van der Waals surface area contributed by atoms with Crippen LogP contribution in [-0.2, 0) is 4.79 Å². The van der Waals surface area contributed by atoms with E-state index in [1.807, 2.05) is 0 Å². The summed E-state index contributed by atoms with van der Waals surface area (Å²) < 4.78 is 0. The van der Waals surface area contributed by atoms with Crippen LogP contribution in [-0.4, -0.2) is 11.9 Å². The lowest BCUT2D eigenvalue weighted by molar-refractivity contribution is -0.119. The van der Waals surface area contributed by atoms with E-state index in [1.54, 1.807) is 6.92 Å². The molecular formula is C10H21NO. The smallest absolute Gasteiger partial charge is 0.217 e. The number of carbonyl (C=O) groups is 1. The van der Waals surface area contributed by atoms with Crippen LogP contribution in [0.3, 0.4) is 0 Å². The predicted molar refractivity (Wildman–Crippen MR) is 52.0 cm³/mol. The zero-order valence-electron chi connectivity index (χ0n) is 8.52. The second-order valence-corrected chi connectivity index (χ2v) is 3.39. The van der Waals surface area contributed by atoms with E-state index < -0.39 is 0 Å². The van der Waals surface area contributed by atoms with Gasteiger partial charge >= 0.3 is 0 Å². The quantitative estimate of drug-likeness (QED) is 0.645. The van der Waals surface area contributed by atoms with E-state index in [0.717, 1.165) is 0 Å². The van der Waals surface area contributed by atoms with Crippen molar-refractivity contribution in [2.75, 3.05) is 0 Å². The Balaban J connectivity index is 0.000000354. The maximum Gasteiger partial charge on any atom is 0.217 e. The zero-order valence-corrected chi connectivity index (χ0v) is 8.52. The highest BCUT2D eigenvalue weighted by Crippen LogP contribution is 2.17. The summed E-state index contributed by atoms with van der Waals surface area (Å²) in [6.07, 6.45) is 6.18. The Labute approximate surface area is 75.7 Å². The van der Waals surface area contributed by atoms with Gasteiger partial charge in [0.2, 0.25) is 5.91 Å². The van der Waals surface area contributed by atoms with Gasteiger partial charge in [-0.05, 0) is 12.8 Å². The molecule has 0 atom stereocenters. The Morgan fingerprint density at radius 1 is 1.33 bits per heavy atom. The van der Waals surface area contributed by atoms with E-state index >= 15 is 0 Å². The minimum absolute atomic E-state index is 0.113. The summed E-state index contributed by atoms with van der Waals surface area (Å²) in [5, 5.41) is 2.90. The highest BCUT2D eigenvalue weighted by Gasteiger charge is 2.14. The Kier molecular flexibility index (Phi) is 6.82. The first-order chi connectivity index (χ1) is 5.70. The van der Waals surface area contributed by atoms with Gasteiger partial charge in [-0.15, -0.1) is 0 Å². The van der Waals surface area contributed by atoms with Crippen molar-refractivity contribution in [1.29, 1.82) is 0 Å². The largest absolute Gasteiger partial charge is 0.354 e. The molecule has 72 valence electrons. The van der Waals surface area contributed by atoms with Crippen molar-refractivity contribution in [3.8, 4) is 0 Å². The van der Waals surface area contributed by atoms with Crippen LogP contribution in [0.25, 0.3) is 0 Å². The van der Waals surface area contributed by atoms with E-state index in [1.165, 1.54) is 32.1 Å². The molecule has 0 aromatic carbocycles. The molecule has 0 aliphatic heterocycles. The van der Waals surface area contributed by atoms with Crippen molar-refractivity contribution in [2.24, 2.45) is 0 Å². The molecule has 1 aliphatic rings. The van der Waals surface area contributed by atoms with Crippen LogP contribution in [0.4, 0.5) is 0 Å². The SMILES string of the molecule is CC(=O)NC1CCCC1.CCC. The van der Waals surface area contributed by atoms with Crippen LogP contribution >= 0.6 is 0 Å². The first kappa shape index (κ1) is 11.5. The third kappa shape index (κ3) is 6.20. The molecule has 0 radical (unpaired) electrons. The lowest BCUT2D eigenvalue weighted by atomic mass is 10.2. The molecule has 1 amide bonds. The van der Waals surface area contributed by atoms with E-state index in [2.05, 4.69) is 19.2 Å².